The molecule has 0 aliphatic heterocycles. The number of benzene rings is 2. The third-order valence-corrected chi connectivity index (χ3v) is 6.57. The summed E-state index contributed by atoms with van der Waals surface area (Å²) in [6.07, 6.45) is 24.3. The molecule has 2 radical (unpaired) electrons. The molecule has 0 aromatic heterocycles. The first-order valence-corrected chi connectivity index (χ1v) is 11.6. The molecule has 0 fully saturated rings. The van der Waals surface area contributed by atoms with Crippen LogP contribution in [-0.4, -0.2) is 13.9 Å². The van der Waals surface area contributed by atoms with E-state index in [1.165, 1.54) is 28.1 Å². The summed E-state index contributed by atoms with van der Waals surface area (Å²) in [7, 11) is 6.06. The van der Waals surface area contributed by atoms with E-state index in [1.807, 2.05) is 0 Å². The van der Waals surface area contributed by atoms with Gasteiger partial charge in [-0.3, -0.25) is 0 Å². The van der Waals surface area contributed by atoms with Gasteiger partial charge in [-0.2, -0.15) is 0 Å². The molecule has 3 aliphatic carbocycles. The third kappa shape index (κ3) is 4.50. The number of allylic oxidation sites excluding steroid dienone is 10. The molecule has 156 valence electrons. The summed E-state index contributed by atoms with van der Waals surface area (Å²) in [4.78, 5) is 2.50. The van der Waals surface area contributed by atoms with Crippen molar-refractivity contribution in [1.29, 1.82) is 0 Å². The van der Waals surface area contributed by atoms with Crippen molar-refractivity contribution in [1.82, 2.24) is 0 Å². The topological polar surface area (TPSA) is 3.24 Å². The summed E-state index contributed by atoms with van der Waals surface area (Å²) in [6.45, 7) is 0. The van der Waals surface area contributed by atoms with Crippen LogP contribution in [0.25, 0.3) is 11.1 Å². The lowest BCUT2D eigenvalue weighted by molar-refractivity contribution is 0.696. The second-order valence-electron chi connectivity index (χ2n) is 8.70. The minimum absolute atomic E-state index is 0.309. The zero-order valence-electron chi connectivity index (χ0n) is 18.4. The Labute approximate surface area is 193 Å². The summed E-state index contributed by atoms with van der Waals surface area (Å²) in [6, 6.07) is 19.9. The second-order valence-corrected chi connectivity index (χ2v) is 8.70. The fourth-order valence-corrected chi connectivity index (χ4v) is 4.78. The van der Waals surface area contributed by atoms with Crippen LogP contribution < -0.4 is 4.90 Å². The Bertz CT molecular complexity index is 1130. The summed E-state index contributed by atoms with van der Waals surface area (Å²) < 4.78 is 0. The van der Waals surface area contributed by atoms with Gasteiger partial charge in [0.05, 0.1) is 6.04 Å². The van der Waals surface area contributed by atoms with Gasteiger partial charge in [0.2, 0.25) is 0 Å². The first-order valence-electron chi connectivity index (χ1n) is 11.6. The van der Waals surface area contributed by atoms with Crippen LogP contribution >= 0.6 is 0 Å². The SMILES string of the molecule is [B]C1=CC=C(N(c2ccc(-c3ccccc3)cc2)C2C=CC(C3C=CC=CC3)=CC2)CC1. The first-order chi connectivity index (χ1) is 15.8. The molecule has 0 bridgehead atoms. The largest absolute Gasteiger partial charge is 0.338 e. The molecular weight excluding hydrogens is 385 g/mol. The first kappa shape index (κ1) is 20.6. The Morgan fingerprint density at radius 2 is 1.59 bits per heavy atom. The lowest BCUT2D eigenvalue weighted by Crippen LogP contribution is -2.34. The van der Waals surface area contributed by atoms with Crippen LogP contribution in [0.5, 0.6) is 0 Å². The van der Waals surface area contributed by atoms with E-state index in [9.17, 15) is 0 Å². The highest BCUT2D eigenvalue weighted by atomic mass is 15.2. The van der Waals surface area contributed by atoms with Crippen molar-refractivity contribution in [2.24, 2.45) is 5.92 Å². The molecule has 0 saturated carbocycles. The highest BCUT2D eigenvalue weighted by Crippen LogP contribution is 2.34. The van der Waals surface area contributed by atoms with E-state index in [-0.39, 0.29) is 0 Å². The van der Waals surface area contributed by atoms with E-state index < -0.39 is 0 Å². The van der Waals surface area contributed by atoms with E-state index in [0.717, 1.165) is 31.2 Å². The number of nitrogens with zero attached hydrogens (tertiary/aromatic N) is 1. The van der Waals surface area contributed by atoms with Crippen LogP contribution in [-0.2, 0) is 0 Å². The van der Waals surface area contributed by atoms with Crippen LogP contribution in [0, 0.1) is 5.92 Å². The minimum Gasteiger partial charge on any atom is -0.338 e. The normalized spacial score (nSPS) is 22.2. The molecule has 0 amide bonds. The van der Waals surface area contributed by atoms with Crippen LogP contribution in [0.15, 0.2) is 126 Å². The molecule has 2 heteroatoms. The Morgan fingerprint density at radius 3 is 2.25 bits per heavy atom. The lowest BCUT2D eigenvalue weighted by atomic mass is 9.85. The molecule has 0 heterocycles. The van der Waals surface area contributed by atoms with Gasteiger partial charge in [0.1, 0.15) is 7.85 Å². The van der Waals surface area contributed by atoms with Gasteiger partial charge in [0.25, 0.3) is 0 Å². The predicted octanol–water partition coefficient (Wildman–Crippen LogP) is 7.28. The van der Waals surface area contributed by atoms with Gasteiger partial charge in [-0.15, -0.1) is 5.47 Å². The van der Waals surface area contributed by atoms with Crippen LogP contribution in [0.1, 0.15) is 25.7 Å². The summed E-state index contributed by atoms with van der Waals surface area (Å²) in [5, 5.41) is 0. The van der Waals surface area contributed by atoms with Crippen molar-refractivity contribution in [2.45, 2.75) is 31.7 Å². The van der Waals surface area contributed by atoms with Crippen molar-refractivity contribution in [3.63, 3.8) is 0 Å². The van der Waals surface area contributed by atoms with Crippen molar-refractivity contribution < 1.29 is 0 Å². The molecule has 0 N–H and O–H groups in total. The molecule has 3 aliphatic rings. The Hall–Kier alpha value is -3.26. The second kappa shape index (κ2) is 9.48. The van der Waals surface area contributed by atoms with E-state index >= 15 is 0 Å². The van der Waals surface area contributed by atoms with Gasteiger partial charge in [-0.25, -0.2) is 0 Å². The highest BCUT2D eigenvalue weighted by Gasteiger charge is 2.24. The Morgan fingerprint density at radius 1 is 0.781 bits per heavy atom. The molecule has 0 saturated heterocycles. The number of anilines is 1. The molecular formula is C30H28BN. The van der Waals surface area contributed by atoms with E-state index in [2.05, 4.69) is 114 Å². The number of hydrogen-bond acceptors (Lipinski definition) is 1. The molecule has 2 atom stereocenters. The van der Waals surface area contributed by atoms with Crippen LogP contribution in [0.3, 0.4) is 0 Å². The zero-order valence-corrected chi connectivity index (χ0v) is 18.4. The maximum Gasteiger partial charge on any atom is 0.107 e. The highest BCUT2D eigenvalue weighted by molar-refractivity contribution is 6.21. The minimum atomic E-state index is 0.309. The Kier molecular flexibility index (Phi) is 6.12. The van der Waals surface area contributed by atoms with Gasteiger partial charge < -0.3 is 4.90 Å². The fourth-order valence-electron chi connectivity index (χ4n) is 4.78. The average Bonchev–Trinajstić information content (AvgIpc) is 2.87. The van der Waals surface area contributed by atoms with Crippen molar-refractivity contribution in [3.8, 4) is 11.1 Å². The molecule has 1 nitrogen and oxygen atoms in total. The molecule has 2 aromatic rings. The van der Waals surface area contributed by atoms with E-state index in [4.69, 9.17) is 7.85 Å². The van der Waals surface area contributed by atoms with Crippen LogP contribution in [0.2, 0.25) is 0 Å². The van der Waals surface area contributed by atoms with Gasteiger partial charge in [0, 0.05) is 17.3 Å². The average molecular weight is 413 g/mol. The molecule has 2 unspecified atom stereocenters. The maximum atomic E-state index is 6.06. The van der Waals surface area contributed by atoms with Crippen molar-refractivity contribution in [2.75, 3.05) is 4.90 Å². The molecule has 2 aromatic carbocycles. The zero-order chi connectivity index (χ0) is 21.8. The number of hydrogen-bond donors (Lipinski definition) is 0. The predicted molar refractivity (Wildman–Crippen MR) is 138 cm³/mol. The van der Waals surface area contributed by atoms with E-state index in [0.29, 0.717) is 12.0 Å². The molecule has 0 spiro atoms. The molecule has 5 rings (SSSR count). The molecule has 32 heavy (non-hydrogen) atoms. The van der Waals surface area contributed by atoms with E-state index in [1.54, 1.807) is 0 Å². The van der Waals surface area contributed by atoms with Gasteiger partial charge >= 0.3 is 0 Å². The standard InChI is InChI=1S/C30H28BN/c31-27-15-21-30(22-16-27)32(28-17-11-25(12-18-28)23-7-3-1-4-8-23)29-19-13-26(14-20-29)24-9-5-2-6-10-24/h1-9,11-15,17-19,21,24,29H,10,16,20,22H2. The smallest absolute Gasteiger partial charge is 0.107 e. The fraction of sp³-hybridized carbons (Fsp3) is 0.200. The van der Waals surface area contributed by atoms with Gasteiger partial charge in [0.15, 0.2) is 0 Å². The van der Waals surface area contributed by atoms with Crippen LogP contribution in [0.4, 0.5) is 5.69 Å². The maximum absolute atomic E-state index is 6.06. The van der Waals surface area contributed by atoms with Gasteiger partial charge in [-0.1, -0.05) is 91.1 Å². The Balaban J connectivity index is 1.42. The lowest BCUT2D eigenvalue weighted by Gasteiger charge is -2.36. The number of rotatable bonds is 5. The quantitative estimate of drug-likeness (QED) is 0.466. The summed E-state index contributed by atoms with van der Waals surface area (Å²) in [5.74, 6) is 0.507. The van der Waals surface area contributed by atoms with Crippen molar-refractivity contribution >= 4 is 13.5 Å². The third-order valence-electron chi connectivity index (χ3n) is 6.57. The summed E-state index contributed by atoms with van der Waals surface area (Å²) in [5.41, 5.74) is 7.46. The summed E-state index contributed by atoms with van der Waals surface area (Å²) >= 11 is 0. The monoisotopic (exact) mass is 413 g/mol. The van der Waals surface area contributed by atoms with Gasteiger partial charge in [-0.05, 0) is 60.6 Å². The van der Waals surface area contributed by atoms with Crippen molar-refractivity contribution in [3.05, 3.63) is 126 Å².